The van der Waals surface area contributed by atoms with Crippen molar-refractivity contribution in [3.63, 3.8) is 0 Å². The Morgan fingerprint density at radius 3 is 2.65 bits per heavy atom. The summed E-state index contributed by atoms with van der Waals surface area (Å²) >= 11 is 0. The minimum atomic E-state index is -4.47. The molecule has 3 heterocycles. The van der Waals surface area contributed by atoms with E-state index in [1.165, 1.54) is 12.3 Å². The molecule has 1 saturated heterocycles. The molecule has 2 N–H and O–H groups in total. The molecule has 3 rings (SSSR count). The third-order valence-electron chi connectivity index (χ3n) is 4.55. The van der Waals surface area contributed by atoms with Crippen LogP contribution in [-0.2, 0) is 11.0 Å². The van der Waals surface area contributed by atoms with Crippen LogP contribution in [0.4, 0.5) is 13.2 Å². The zero-order valence-electron chi connectivity index (χ0n) is 14.1. The second-order valence-corrected chi connectivity index (χ2v) is 6.33. The third kappa shape index (κ3) is 4.01. The lowest BCUT2D eigenvalue weighted by atomic mass is 9.89. The molecule has 0 bridgehead atoms. The van der Waals surface area contributed by atoms with Crippen LogP contribution in [0.15, 0.2) is 42.7 Å². The van der Waals surface area contributed by atoms with E-state index in [1.807, 2.05) is 19.1 Å². The number of carbonyl (C=O) groups excluding carboxylic acids is 1. The van der Waals surface area contributed by atoms with Crippen molar-refractivity contribution < 1.29 is 18.0 Å². The fraction of sp³-hybridized carbons (Fsp3) is 0.389. The van der Waals surface area contributed by atoms with Crippen LogP contribution in [0.1, 0.15) is 35.8 Å². The highest BCUT2D eigenvalue weighted by molar-refractivity contribution is 5.80. The van der Waals surface area contributed by atoms with Gasteiger partial charge in [0.2, 0.25) is 5.91 Å². The molecule has 0 spiro atoms. The molecule has 2 aromatic rings. The van der Waals surface area contributed by atoms with E-state index >= 15 is 0 Å². The number of halogens is 3. The van der Waals surface area contributed by atoms with Crippen molar-refractivity contribution in [1.29, 1.82) is 0 Å². The number of aromatic nitrogens is 2. The Morgan fingerprint density at radius 2 is 2.04 bits per heavy atom. The standard InChI is InChI=1S/C18H19F3N4O/c1-11(15-4-2-3-7-23-15)25-17(26)14-10-22-9-13(14)12-5-6-16(24-8-12)18(19,20)21/h2-8,11,13-14,22H,9-10H2,1H3,(H,25,26)/t11-,13-,14+/m0/s1. The zero-order chi connectivity index (χ0) is 18.7. The monoisotopic (exact) mass is 364 g/mol. The van der Waals surface area contributed by atoms with E-state index in [9.17, 15) is 18.0 Å². The Kier molecular flexibility index (Phi) is 5.22. The van der Waals surface area contributed by atoms with E-state index in [-0.39, 0.29) is 23.8 Å². The van der Waals surface area contributed by atoms with E-state index in [2.05, 4.69) is 20.6 Å². The number of rotatable bonds is 4. The highest BCUT2D eigenvalue weighted by Gasteiger charge is 2.36. The van der Waals surface area contributed by atoms with Crippen molar-refractivity contribution in [1.82, 2.24) is 20.6 Å². The van der Waals surface area contributed by atoms with Crippen LogP contribution in [0, 0.1) is 5.92 Å². The molecule has 8 heteroatoms. The molecule has 0 radical (unpaired) electrons. The lowest BCUT2D eigenvalue weighted by molar-refractivity contribution is -0.141. The summed E-state index contributed by atoms with van der Waals surface area (Å²) in [5.41, 5.74) is 0.435. The number of amides is 1. The molecule has 1 fully saturated rings. The molecule has 1 aliphatic rings. The zero-order valence-corrected chi connectivity index (χ0v) is 14.1. The number of carbonyl (C=O) groups is 1. The number of hydrogen-bond donors (Lipinski definition) is 2. The molecule has 3 atom stereocenters. The van der Waals surface area contributed by atoms with Crippen molar-refractivity contribution in [2.75, 3.05) is 13.1 Å². The summed E-state index contributed by atoms with van der Waals surface area (Å²) in [5.74, 6) is -0.751. The maximum Gasteiger partial charge on any atom is 0.433 e. The predicted octanol–water partition coefficient (Wildman–Crippen LogP) is 2.68. The molecule has 1 amide bonds. The van der Waals surface area contributed by atoms with Gasteiger partial charge in [-0.15, -0.1) is 0 Å². The first-order chi connectivity index (χ1) is 12.4. The van der Waals surface area contributed by atoms with Crippen LogP contribution < -0.4 is 10.6 Å². The maximum atomic E-state index is 12.7. The number of nitrogens with one attached hydrogen (secondary N) is 2. The number of pyridine rings is 2. The SMILES string of the molecule is C[C@H](NC(=O)[C@@H]1CNC[C@H]1c1ccc(C(F)(F)F)nc1)c1ccccn1. The number of nitrogens with zero attached hydrogens (tertiary/aromatic N) is 2. The van der Waals surface area contributed by atoms with Gasteiger partial charge in [0, 0.05) is 31.4 Å². The van der Waals surface area contributed by atoms with Crippen molar-refractivity contribution in [3.8, 4) is 0 Å². The van der Waals surface area contributed by atoms with E-state index in [1.54, 1.807) is 12.3 Å². The molecule has 0 aromatic carbocycles. The molecule has 1 aliphatic heterocycles. The molecule has 0 saturated carbocycles. The van der Waals surface area contributed by atoms with Gasteiger partial charge in [-0.2, -0.15) is 13.2 Å². The maximum absolute atomic E-state index is 12.7. The average molecular weight is 364 g/mol. The third-order valence-corrected chi connectivity index (χ3v) is 4.55. The fourth-order valence-electron chi connectivity index (χ4n) is 3.12. The van der Waals surface area contributed by atoms with Gasteiger partial charge in [-0.1, -0.05) is 12.1 Å². The van der Waals surface area contributed by atoms with Gasteiger partial charge in [0.1, 0.15) is 5.69 Å². The molecule has 138 valence electrons. The highest BCUT2D eigenvalue weighted by Crippen LogP contribution is 2.31. The Balaban J connectivity index is 1.70. The minimum absolute atomic E-state index is 0.155. The van der Waals surface area contributed by atoms with Crippen LogP contribution in [-0.4, -0.2) is 29.0 Å². The summed E-state index contributed by atoms with van der Waals surface area (Å²) in [6, 6.07) is 7.57. The Morgan fingerprint density at radius 1 is 1.23 bits per heavy atom. The van der Waals surface area contributed by atoms with Crippen molar-refractivity contribution in [2.45, 2.75) is 25.1 Å². The first-order valence-corrected chi connectivity index (χ1v) is 8.31. The van der Waals surface area contributed by atoms with Gasteiger partial charge in [0.05, 0.1) is 17.7 Å². The summed E-state index contributed by atoms with van der Waals surface area (Å²) in [5, 5.41) is 6.06. The fourth-order valence-corrected chi connectivity index (χ4v) is 3.12. The molecular formula is C18H19F3N4O. The quantitative estimate of drug-likeness (QED) is 0.875. The van der Waals surface area contributed by atoms with Crippen molar-refractivity contribution >= 4 is 5.91 Å². The minimum Gasteiger partial charge on any atom is -0.348 e. The summed E-state index contributed by atoms with van der Waals surface area (Å²) in [6.45, 7) is 2.83. The predicted molar refractivity (Wildman–Crippen MR) is 89.1 cm³/mol. The van der Waals surface area contributed by atoms with Crippen LogP contribution in [0.25, 0.3) is 0 Å². The Bertz CT molecular complexity index is 749. The molecule has 0 unspecified atom stereocenters. The van der Waals surface area contributed by atoms with Crippen LogP contribution in [0.2, 0.25) is 0 Å². The van der Waals surface area contributed by atoms with Gasteiger partial charge in [0.25, 0.3) is 0 Å². The number of alkyl halides is 3. The average Bonchev–Trinajstić information content (AvgIpc) is 3.11. The molecular weight excluding hydrogens is 345 g/mol. The summed E-state index contributed by atoms with van der Waals surface area (Å²) in [7, 11) is 0. The molecule has 0 aliphatic carbocycles. The Hall–Kier alpha value is -2.48. The van der Waals surface area contributed by atoms with Crippen molar-refractivity contribution in [3.05, 3.63) is 59.7 Å². The first-order valence-electron chi connectivity index (χ1n) is 8.31. The van der Waals surface area contributed by atoms with Gasteiger partial charge in [0.15, 0.2) is 0 Å². The second kappa shape index (κ2) is 7.41. The van der Waals surface area contributed by atoms with E-state index in [0.29, 0.717) is 18.7 Å². The van der Waals surface area contributed by atoms with Gasteiger partial charge in [-0.25, -0.2) is 0 Å². The van der Waals surface area contributed by atoms with Gasteiger partial charge in [-0.05, 0) is 30.7 Å². The van der Waals surface area contributed by atoms with Gasteiger partial charge in [-0.3, -0.25) is 14.8 Å². The summed E-state index contributed by atoms with van der Waals surface area (Å²) < 4.78 is 38.0. The normalized spacial score (nSPS) is 21.4. The van der Waals surface area contributed by atoms with Crippen LogP contribution in [0.5, 0.6) is 0 Å². The molecule has 26 heavy (non-hydrogen) atoms. The Labute approximate surface area is 149 Å². The van der Waals surface area contributed by atoms with Gasteiger partial charge >= 0.3 is 6.18 Å². The van der Waals surface area contributed by atoms with E-state index < -0.39 is 11.9 Å². The van der Waals surface area contributed by atoms with E-state index in [4.69, 9.17) is 0 Å². The number of hydrogen-bond acceptors (Lipinski definition) is 4. The largest absolute Gasteiger partial charge is 0.433 e. The smallest absolute Gasteiger partial charge is 0.348 e. The van der Waals surface area contributed by atoms with Gasteiger partial charge < -0.3 is 10.6 Å². The first kappa shape index (κ1) is 18.3. The molecule has 5 nitrogen and oxygen atoms in total. The van der Waals surface area contributed by atoms with Crippen molar-refractivity contribution in [2.24, 2.45) is 5.92 Å². The summed E-state index contributed by atoms with van der Waals surface area (Å²) in [6.07, 6.45) is -1.60. The molecule has 2 aromatic heterocycles. The topological polar surface area (TPSA) is 66.9 Å². The van der Waals surface area contributed by atoms with Crippen LogP contribution >= 0.6 is 0 Å². The second-order valence-electron chi connectivity index (χ2n) is 6.33. The summed E-state index contributed by atoms with van der Waals surface area (Å²) in [4.78, 5) is 20.4. The lowest BCUT2D eigenvalue weighted by Gasteiger charge is -2.21. The van der Waals surface area contributed by atoms with Crippen LogP contribution in [0.3, 0.4) is 0 Å². The highest BCUT2D eigenvalue weighted by atomic mass is 19.4. The lowest BCUT2D eigenvalue weighted by Crippen LogP contribution is -2.36. The van der Waals surface area contributed by atoms with E-state index in [0.717, 1.165) is 11.8 Å².